The van der Waals surface area contributed by atoms with Gasteiger partial charge < -0.3 is 5.32 Å². The average molecular weight is 365 g/mol. The average Bonchev–Trinajstić information content (AvgIpc) is 2.94. The minimum absolute atomic E-state index is 0.0465. The summed E-state index contributed by atoms with van der Waals surface area (Å²) in [6, 6.07) is 15.7. The maximum atomic E-state index is 12.7. The molecule has 142 valence electrons. The number of anilines is 1. The van der Waals surface area contributed by atoms with E-state index in [1.165, 1.54) is 5.56 Å². The van der Waals surface area contributed by atoms with Gasteiger partial charge in [-0.15, -0.1) is 0 Å². The number of hydrogen-bond donors (Lipinski definition) is 1. The maximum absolute atomic E-state index is 12.7. The van der Waals surface area contributed by atoms with E-state index < -0.39 is 0 Å². The third-order valence-corrected chi connectivity index (χ3v) is 4.71. The second-order valence-corrected chi connectivity index (χ2v) is 6.82. The van der Waals surface area contributed by atoms with E-state index >= 15 is 0 Å². The van der Waals surface area contributed by atoms with Gasteiger partial charge in [-0.2, -0.15) is 0 Å². The number of nitrogens with zero attached hydrogens (tertiary/aromatic N) is 2. The number of nitrogens with one attached hydrogen (secondary N) is 1. The van der Waals surface area contributed by atoms with Gasteiger partial charge in [0.15, 0.2) is 0 Å². The van der Waals surface area contributed by atoms with Crippen molar-refractivity contribution in [2.75, 3.05) is 5.32 Å². The topological polar surface area (TPSA) is 56.0 Å². The third kappa shape index (κ3) is 4.30. The van der Waals surface area contributed by atoms with E-state index in [0.29, 0.717) is 13.1 Å². The second kappa shape index (κ2) is 8.71. The molecule has 1 amide bonds. The molecule has 0 bridgehead atoms. The lowest BCUT2D eigenvalue weighted by Gasteiger charge is -2.07. The summed E-state index contributed by atoms with van der Waals surface area (Å²) in [5.74, 6) is -0.0857. The summed E-state index contributed by atoms with van der Waals surface area (Å²) in [4.78, 5) is 25.1. The molecule has 0 fully saturated rings. The minimum Gasteiger partial charge on any atom is -0.326 e. The largest absolute Gasteiger partial charge is 0.329 e. The van der Waals surface area contributed by atoms with Crippen molar-refractivity contribution in [3.63, 3.8) is 0 Å². The summed E-state index contributed by atoms with van der Waals surface area (Å²) < 4.78 is 3.49. The fraction of sp³-hybridized carbons (Fsp3) is 0.364. The van der Waals surface area contributed by atoms with Crippen LogP contribution in [0.1, 0.15) is 38.7 Å². The minimum atomic E-state index is -0.0857. The fourth-order valence-electron chi connectivity index (χ4n) is 3.41. The Morgan fingerprint density at radius 1 is 0.889 bits per heavy atom. The van der Waals surface area contributed by atoms with Crippen molar-refractivity contribution >= 4 is 22.6 Å². The molecule has 1 N–H and O–H groups in total. The molecular weight excluding hydrogens is 338 g/mol. The molecule has 0 aliphatic rings. The summed E-state index contributed by atoms with van der Waals surface area (Å²) in [6.07, 6.45) is 3.30. The van der Waals surface area contributed by atoms with Crippen LogP contribution in [0.3, 0.4) is 0 Å². The highest BCUT2D eigenvalue weighted by Crippen LogP contribution is 2.15. The first kappa shape index (κ1) is 19.0. The molecule has 0 saturated carbocycles. The highest BCUT2D eigenvalue weighted by atomic mass is 16.2. The van der Waals surface area contributed by atoms with Crippen molar-refractivity contribution in [3.05, 3.63) is 64.6 Å². The lowest BCUT2D eigenvalue weighted by molar-refractivity contribution is -0.116. The molecule has 3 aromatic rings. The highest BCUT2D eigenvalue weighted by Gasteiger charge is 2.13. The van der Waals surface area contributed by atoms with Gasteiger partial charge in [0.1, 0.15) is 0 Å². The number of fused-ring (bicyclic) bond motifs is 1. The van der Waals surface area contributed by atoms with Crippen LogP contribution in [0.25, 0.3) is 11.0 Å². The van der Waals surface area contributed by atoms with E-state index in [4.69, 9.17) is 0 Å². The van der Waals surface area contributed by atoms with Gasteiger partial charge in [-0.3, -0.25) is 13.9 Å². The molecule has 0 atom stereocenters. The lowest BCUT2D eigenvalue weighted by atomic mass is 10.1. The zero-order valence-corrected chi connectivity index (χ0v) is 16.1. The Balaban J connectivity index is 1.70. The van der Waals surface area contributed by atoms with E-state index in [-0.39, 0.29) is 18.0 Å². The Kier molecular flexibility index (Phi) is 6.12. The van der Waals surface area contributed by atoms with Gasteiger partial charge in [0.25, 0.3) is 0 Å². The first-order valence-electron chi connectivity index (χ1n) is 9.71. The summed E-state index contributed by atoms with van der Waals surface area (Å²) in [5.41, 5.74) is 3.82. The first-order chi connectivity index (χ1) is 13.1. The third-order valence-electron chi connectivity index (χ3n) is 4.71. The second-order valence-electron chi connectivity index (χ2n) is 6.82. The number of aromatic nitrogens is 2. The number of imidazole rings is 1. The van der Waals surface area contributed by atoms with Crippen LogP contribution in [0.5, 0.6) is 0 Å². The number of hydrogen-bond acceptors (Lipinski definition) is 2. The molecule has 0 saturated heterocycles. The summed E-state index contributed by atoms with van der Waals surface area (Å²) >= 11 is 0. The van der Waals surface area contributed by atoms with Crippen LogP contribution in [0, 0.1) is 0 Å². The van der Waals surface area contributed by atoms with Gasteiger partial charge in [0, 0.05) is 25.2 Å². The van der Waals surface area contributed by atoms with Crippen LogP contribution in [0.4, 0.5) is 5.69 Å². The smallest absolute Gasteiger partial charge is 0.326 e. The van der Waals surface area contributed by atoms with Crippen LogP contribution >= 0.6 is 0 Å². The lowest BCUT2D eigenvalue weighted by Crippen LogP contribution is -2.26. The Bertz CT molecular complexity index is 967. The molecule has 2 aromatic carbocycles. The summed E-state index contributed by atoms with van der Waals surface area (Å²) in [7, 11) is 0. The Hall–Kier alpha value is -2.82. The molecule has 5 nitrogen and oxygen atoms in total. The zero-order chi connectivity index (χ0) is 19.2. The van der Waals surface area contributed by atoms with Gasteiger partial charge in [0.2, 0.25) is 5.91 Å². The molecule has 5 heteroatoms. The molecule has 0 spiro atoms. The van der Waals surface area contributed by atoms with E-state index in [1.54, 1.807) is 9.13 Å². The van der Waals surface area contributed by atoms with E-state index in [2.05, 4.69) is 19.2 Å². The Morgan fingerprint density at radius 2 is 1.52 bits per heavy atom. The van der Waals surface area contributed by atoms with Crippen LogP contribution < -0.4 is 11.0 Å². The fourth-order valence-corrected chi connectivity index (χ4v) is 3.41. The SMILES string of the molecule is CCCc1ccc(NC(=O)CCn2c(=O)n(CCC)c3ccccc32)cc1. The molecule has 0 radical (unpaired) electrons. The molecule has 3 rings (SSSR count). The van der Waals surface area contributed by atoms with Gasteiger partial charge >= 0.3 is 5.69 Å². The molecule has 0 aliphatic carbocycles. The summed E-state index contributed by atoms with van der Waals surface area (Å²) in [6.45, 7) is 5.26. The van der Waals surface area contributed by atoms with Crippen LogP contribution in [-0.2, 0) is 24.3 Å². The molecule has 0 aliphatic heterocycles. The van der Waals surface area contributed by atoms with Gasteiger partial charge in [-0.1, -0.05) is 44.5 Å². The standard InChI is InChI=1S/C22H27N3O2/c1-3-7-17-10-12-18(13-11-17)23-21(26)14-16-25-20-9-6-5-8-19(20)24(15-4-2)22(25)27/h5-6,8-13H,3-4,7,14-16H2,1-2H3,(H,23,26). The zero-order valence-electron chi connectivity index (χ0n) is 16.1. The van der Waals surface area contributed by atoms with Crippen molar-refractivity contribution in [2.24, 2.45) is 0 Å². The van der Waals surface area contributed by atoms with Gasteiger partial charge in [-0.25, -0.2) is 4.79 Å². The number of para-hydroxylation sites is 2. The van der Waals surface area contributed by atoms with Crippen molar-refractivity contribution in [3.8, 4) is 0 Å². The molecule has 0 unspecified atom stereocenters. The van der Waals surface area contributed by atoms with Crippen molar-refractivity contribution in [1.29, 1.82) is 0 Å². The molecule has 27 heavy (non-hydrogen) atoms. The first-order valence-corrected chi connectivity index (χ1v) is 9.71. The summed E-state index contributed by atoms with van der Waals surface area (Å²) in [5, 5.41) is 2.92. The van der Waals surface area contributed by atoms with Gasteiger partial charge in [-0.05, 0) is 42.7 Å². The number of aryl methyl sites for hydroxylation is 3. The number of carbonyl (C=O) groups is 1. The van der Waals surface area contributed by atoms with Crippen LogP contribution in [0.2, 0.25) is 0 Å². The predicted octanol–water partition coefficient (Wildman–Crippen LogP) is 4.19. The Labute approximate surface area is 159 Å². The quantitative estimate of drug-likeness (QED) is 0.651. The normalized spacial score (nSPS) is 11.0. The highest BCUT2D eigenvalue weighted by molar-refractivity contribution is 5.90. The van der Waals surface area contributed by atoms with E-state index in [1.807, 2.05) is 48.5 Å². The van der Waals surface area contributed by atoms with Crippen molar-refractivity contribution in [1.82, 2.24) is 9.13 Å². The number of benzene rings is 2. The molecule has 1 heterocycles. The number of amides is 1. The number of rotatable bonds is 8. The van der Waals surface area contributed by atoms with E-state index in [0.717, 1.165) is 36.0 Å². The Morgan fingerprint density at radius 3 is 2.11 bits per heavy atom. The predicted molar refractivity (Wildman–Crippen MR) is 110 cm³/mol. The van der Waals surface area contributed by atoms with E-state index in [9.17, 15) is 9.59 Å². The molecule has 1 aromatic heterocycles. The molecular formula is C22H27N3O2. The maximum Gasteiger partial charge on any atom is 0.329 e. The van der Waals surface area contributed by atoms with Crippen LogP contribution in [0.15, 0.2) is 53.3 Å². The number of carbonyl (C=O) groups excluding carboxylic acids is 1. The van der Waals surface area contributed by atoms with Crippen LogP contribution in [-0.4, -0.2) is 15.0 Å². The monoisotopic (exact) mass is 365 g/mol. The van der Waals surface area contributed by atoms with Crippen molar-refractivity contribution < 1.29 is 4.79 Å². The van der Waals surface area contributed by atoms with Crippen molar-refractivity contribution in [2.45, 2.75) is 52.6 Å². The van der Waals surface area contributed by atoms with Gasteiger partial charge in [0.05, 0.1) is 11.0 Å².